The molecule has 0 aromatic rings. The SMILES string of the molecule is COC(C)(C)CC(CN)N1CCCCCC1C. The van der Waals surface area contributed by atoms with Crippen molar-refractivity contribution in [1.82, 2.24) is 4.90 Å². The molecule has 3 heteroatoms. The van der Waals surface area contributed by atoms with Crippen LogP contribution in [0.15, 0.2) is 0 Å². The number of nitrogens with zero attached hydrogens (tertiary/aromatic N) is 1. The van der Waals surface area contributed by atoms with Crippen molar-refractivity contribution >= 4 is 0 Å². The third-order valence-electron chi connectivity index (χ3n) is 4.13. The lowest BCUT2D eigenvalue weighted by atomic mass is 9.96. The molecule has 0 aliphatic carbocycles. The summed E-state index contributed by atoms with van der Waals surface area (Å²) in [5.74, 6) is 0. The third-order valence-corrected chi connectivity index (χ3v) is 4.13. The van der Waals surface area contributed by atoms with Crippen LogP contribution < -0.4 is 5.73 Å². The molecular weight excluding hydrogens is 212 g/mol. The van der Waals surface area contributed by atoms with Gasteiger partial charge in [-0.1, -0.05) is 12.8 Å². The van der Waals surface area contributed by atoms with Gasteiger partial charge in [-0.05, 0) is 46.6 Å². The van der Waals surface area contributed by atoms with Gasteiger partial charge in [0.2, 0.25) is 0 Å². The molecule has 0 radical (unpaired) electrons. The van der Waals surface area contributed by atoms with E-state index < -0.39 is 0 Å². The van der Waals surface area contributed by atoms with Gasteiger partial charge >= 0.3 is 0 Å². The van der Waals surface area contributed by atoms with Gasteiger partial charge in [-0.2, -0.15) is 0 Å². The van der Waals surface area contributed by atoms with Crippen molar-refractivity contribution in [2.24, 2.45) is 5.73 Å². The molecular formula is C14H30N2O. The van der Waals surface area contributed by atoms with Crippen LogP contribution in [0, 0.1) is 0 Å². The highest BCUT2D eigenvalue weighted by molar-refractivity contribution is 4.85. The van der Waals surface area contributed by atoms with Crippen LogP contribution in [0.25, 0.3) is 0 Å². The first-order valence-corrected chi connectivity index (χ1v) is 7.01. The van der Waals surface area contributed by atoms with E-state index in [-0.39, 0.29) is 5.60 Å². The van der Waals surface area contributed by atoms with Gasteiger partial charge in [0.25, 0.3) is 0 Å². The molecule has 1 saturated heterocycles. The van der Waals surface area contributed by atoms with Gasteiger partial charge in [0.1, 0.15) is 0 Å². The molecule has 0 saturated carbocycles. The largest absolute Gasteiger partial charge is 0.379 e. The Morgan fingerprint density at radius 3 is 2.65 bits per heavy atom. The summed E-state index contributed by atoms with van der Waals surface area (Å²) in [6.07, 6.45) is 6.37. The molecule has 1 fully saturated rings. The van der Waals surface area contributed by atoms with Crippen LogP contribution >= 0.6 is 0 Å². The molecule has 1 heterocycles. The Morgan fingerprint density at radius 1 is 1.35 bits per heavy atom. The summed E-state index contributed by atoms with van der Waals surface area (Å²) < 4.78 is 5.55. The number of hydrogen-bond donors (Lipinski definition) is 1. The van der Waals surface area contributed by atoms with Crippen LogP contribution in [0.4, 0.5) is 0 Å². The fourth-order valence-corrected chi connectivity index (χ4v) is 2.83. The highest BCUT2D eigenvalue weighted by Gasteiger charge is 2.29. The predicted molar refractivity (Wildman–Crippen MR) is 73.2 cm³/mol. The third kappa shape index (κ3) is 4.57. The van der Waals surface area contributed by atoms with Gasteiger partial charge in [-0.25, -0.2) is 0 Å². The summed E-state index contributed by atoms with van der Waals surface area (Å²) in [7, 11) is 1.79. The van der Waals surface area contributed by atoms with Crippen molar-refractivity contribution in [2.45, 2.75) is 70.6 Å². The summed E-state index contributed by atoms with van der Waals surface area (Å²) in [5, 5.41) is 0. The van der Waals surface area contributed by atoms with E-state index in [4.69, 9.17) is 10.5 Å². The molecule has 0 aromatic heterocycles. The van der Waals surface area contributed by atoms with E-state index in [1.165, 1.54) is 32.2 Å². The Kier molecular flexibility index (Phi) is 5.90. The molecule has 1 aliphatic rings. The number of likely N-dealkylation sites (tertiary alicyclic amines) is 1. The van der Waals surface area contributed by atoms with Gasteiger partial charge in [-0.3, -0.25) is 4.90 Å². The summed E-state index contributed by atoms with van der Waals surface area (Å²) in [5.41, 5.74) is 5.91. The first kappa shape index (κ1) is 14.9. The van der Waals surface area contributed by atoms with Crippen molar-refractivity contribution in [3.05, 3.63) is 0 Å². The van der Waals surface area contributed by atoms with E-state index in [1.54, 1.807) is 7.11 Å². The summed E-state index contributed by atoms with van der Waals surface area (Å²) in [6, 6.07) is 1.12. The topological polar surface area (TPSA) is 38.5 Å². The van der Waals surface area contributed by atoms with Crippen molar-refractivity contribution in [3.8, 4) is 0 Å². The number of ether oxygens (including phenoxy) is 1. The average molecular weight is 242 g/mol. The molecule has 1 rings (SSSR count). The van der Waals surface area contributed by atoms with E-state index >= 15 is 0 Å². The summed E-state index contributed by atoms with van der Waals surface area (Å²) in [6.45, 7) is 8.57. The van der Waals surface area contributed by atoms with Gasteiger partial charge in [0, 0.05) is 25.7 Å². The monoisotopic (exact) mass is 242 g/mol. The Morgan fingerprint density at radius 2 is 2.06 bits per heavy atom. The first-order valence-electron chi connectivity index (χ1n) is 7.01. The fraction of sp³-hybridized carbons (Fsp3) is 1.00. The number of methoxy groups -OCH3 is 1. The summed E-state index contributed by atoms with van der Waals surface area (Å²) >= 11 is 0. The van der Waals surface area contributed by atoms with Crippen molar-refractivity contribution in [2.75, 3.05) is 20.2 Å². The molecule has 17 heavy (non-hydrogen) atoms. The fourth-order valence-electron chi connectivity index (χ4n) is 2.83. The number of hydrogen-bond acceptors (Lipinski definition) is 3. The summed E-state index contributed by atoms with van der Waals surface area (Å²) in [4.78, 5) is 2.60. The predicted octanol–water partition coefficient (Wildman–Crippen LogP) is 2.39. The lowest BCUT2D eigenvalue weighted by molar-refractivity contribution is -0.0127. The molecule has 2 N–H and O–H groups in total. The smallest absolute Gasteiger partial charge is 0.0638 e. The van der Waals surface area contributed by atoms with Crippen LogP contribution in [0.1, 0.15) is 52.9 Å². The maximum Gasteiger partial charge on any atom is 0.0638 e. The van der Waals surface area contributed by atoms with E-state index in [0.29, 0.717) is 12.1 Å². The second kappa shape index (κ2) is 6.72. The highest BCUT2D eigenvalue weighted by atomic mass is 16.5. The van der Waals surface area contributed by atoms with Crippen molar-refractivity contribution in [1.29, 1.82) is 0 Å². The van der Waals surface area contributed by atoms with E-state index in [0.717, 1.165) is 13.0 Å². The van der Waals surface area contributed by atoms with Crippen LogP contribution in [0.5, 0.6) is 0 Å². The van der Waals surface area contributed by atoms with Crippen LogP contribution in [-0.2, 0) is 4.74 Å². The standard InChI is InChI=1S/C14H30N2O/c1-12-8-6-5-7-9-16(12)13(11-15)10-14(2,3)17-4/h12-13H,5-11,15H2,1-4H3. The minimum atomic E-state index is -0.0734. The molecule has 0 bridgehead atoms. The zero-order valence-electron chi connectivity index (χ0n) is 12.0. The maximum atomic E-state index is 5.98. The lowest BCUT2D eigenvalue weighted by Crippen LogP contribution is -2.49. The highest BCUT2D eigenvalue weighted by Crippen LogP contribution is 2.24. The van der Waals surface area contributed by atoms with Gasteiger partial charge in [0.05, 0.1) is 5.60 Å². The minimum absolute atomic E-state index is 0.0734. The second-order valence-corrected chi connectivity index (χ2v) is 5.99. The van der Waals surface area contributed by atoms with Gasteiger partial charge in [-0.15, -0.1) is 0 Å². The van der Waals surface area contributed by atoms with Gasteiger partial charge in [0.15, 0.2) is 0 Å². The molecule has 2 unspecified atom stereocenters. The molecule has 102 valence electrons. The zero-order valence-corrected chi connectivity index (χ0v) is 12.0. The quantitative estimate of drug-likeness (QED) is 0.804. The molecule has 0 amide bonds. The van der Waals surface area contributed by atoms with E-state index in [1.807, 2.05) is 0 Å². The second-order valence-electron chi connectivity index (χ2n) is 5.99. The average Bonchev–Trinajstić information content (AvgIpc) is 2.51. The Bertz CT molecular complexity index is 218. The molecule has 0 aromatic carbocycles. The number of nitrogens with two attached hydrogens (primary N) is 1. The van der Waals surface area contributed by atoms with Gasteiger partial charge < -0.3 is 10.5 Å². The normalized spacial score (nSPS) is 25.6. The Balaban J connectivity index is 2.64. The number of rotatable bonds is 5. The first-order chi connectivity index (χ1) is 8.00. The maximum absolute atomic E-state index is 5.98. The lowest BCUT2D eigenvalue weighted by Gasteiger charge is -2.38. The molecule has 1 aliphatic heterocycles. The van der Waals surface area contributed by atoms with E-state index in [9.17, 15) is 0 Å². The zero-order chi connectivity index (χ0) is 12.9. The van der Waals surface area contributed by atoms with Crippen LogP contribution in [0.3, 0.4) is 0 Å². The van der Waals surface area contributed by atoms with Crippen LogP contribution in [0.2, 0.25) is 0 Å². The van der Waals surface area contributed by atoms with Crippen molar-refractivity contribution < 1.29 is 4.74 Å². The Labute approximate surface area is 107 Å². The van der Waals surface area contributed by atoms with E-state index in [2.05, 4.69) is 25.7 Å². The minimum Gasteiger partial charge on any atom is -0.379 e. The molecule has 3 nitrogen and oxygen atoms in total. The molecule has 2 atom stereocenters. The molecule has 0 spiro atoms. The van der Waals surface area contributed by atoms with Crippen molar-refractivity contribution in [3.63, 3.8) is 0 Å². The Hall–Kier alpha value is -0.120. The van der Waals surface area contributed by atoms with Crippen LogP contribution in [-0.4, -0.2) is 42.8 Å².